The van der Waals surface area contributed by atoms with Crippen molar-refractivity contribution in [3.63, 3.8) is 0 Å². The minimum atomic E-state index is -2.73. The van der Waals surface area contributed by atoms with Gasteiger partial charge >= 0.3 is 0 Å². The molecule has 0 radical (unpaired) electrons. The Morgan fingerprint density at radius 2 is 2.05 bits per heavy atom. The van der Waals surface area contributed by atoms with E-state index in [0.717, 1.165) is 37.6 Å². The third kappa shape index (κ3) is 4.73. The summed E-state index contributed by atoms with van der Waals surface area (Å²) >= 11 is 0. The Kier molecular flexibility index (Phi) is 5.91. The lowest BCUT2D eigenvalue weighted by atomic mass is 9.76. The number of rotatable bonds is 6. The second-order valence-corrected chi connectivity index (χ2v) is 9.33. The van der Waals surface area contributed by atoms with Gasteiger partial charge in [-0.05, 0) is 56.4 Å². The molecule has 1 aliphatic heterocycles. The zero-order valence-electron chi connectivity index (χ0n) is 13.1. The van der Waals surface area contributed by atoms with Gasteiger partial charge < -0.3 is 5.32 Å². The first-order valence-electron chi connectivity index (χ1n) is 8.44. The van der Waals surface area contributed by atoms with Crippen molar-refractivity contribution < 1.29 is 8.42 Å². The van der Waals surface area contributed by atoms with Crippen LogP contribution in [0.2, 0.25) is 0 Å². The molecule has 0 aromatic carbocycles. The van der Waals surface area contributed by atoms with Crippen molar-refractivity contribution >= 4 is 9.84 Å². The van der Waals surface area contributed by atoms with Gasteiger partial charge in [-0.15, -0.1) is 0 Å². The molecule has 3 nitrogen and oxygen atoms in total. The second-order valence-electron chi connectivity index (χ2n) is 7.10. The van der Waals surface area contributed by atoms with Crippen LogP contribution in [0, 0.1) is 17.8 Å². The predicted octanol–water partition coefficient (Wildman–Crippen LogP) is 3.01. The topological polar surface area (TPSA) is 46.2 Å². The minimum Gasteiger partial charge on any atom is -0.314 e. The maximum absolute atomic E-state index is 11.6. The van der Waals surface area contributed by atoms with E-state index in [0.29, 0.717) is 23.5 Å². The number of hydrogen-bond donors (Lipinski definition) is 1. The zero-order valence-corrected chi connectivity index (χ0v) is 13.9. The fourth-order valence-corrected chi connectivity index (χ4v) is 5.92. The van der Waals surface area contributed by atoms with Crippen molar-refractivity contribution in [2.45, 2.75) is 64.8 Å². The molecule has 2 rings (SSSR count). The van der Waals surface area contributed by atoms with Gasteiger partial charge in [-0.25, -0.2) is 8.42 Å². The first-order chi connectivity index (χ1) is 9.50. The maximum atomic E-state index is 11.6. The highest BCUT2D eigenvalue weighted by atomic mass is 32.2. The van der Waals surface area contributed by atoms with E-state index < -0.39 is 9.84 Å². The van der Waals surface area contributed by atoms with E-state index in [-0.39, 0.29) is 0 Å². The van der Waals surface area contributed by atoms with E-state index in [2.05, 4.69) is 19.2 Å². The molecule has 4 unspecified atom stereocenters. The highest BCUT2D eigenvalue weighted by Gasteiger charge is 2.33. The van der Waals surface area contributed by atoms with Gasteiger partial charge in [0.1, 0.15) is 0 Å². The minimum absolute atomic E-state index is 0.395. The molecule has 1 saturated carbocycles. The summed E-state index contributed by atoms with van der Waals surface area (Å²) < 4.78 is 23.3. The van der Waals surface area contributed by atoms with Gasteiger partial charge in [0.15, 0.2) is 9.84 Å². The summed E-state index contributed by atoms with van der Waals surface area (Å²) in [6, 6.07) is 0.538. The predicted molar refractivity (Wildman–Crippen MR) is 84.6 cm³/mol. The summed E-state index contributed by atoms with van der Waals surface area (Å²) in [5, 5.41) is 3.72. The van der Waals surface area contributed by atoms with Crippen molar-refractivity contribution in [3.8, 4) is 0 Å². The number of nitrogens with one attached hydrogen (secondary N) is 1. The molecule has 118 valence electrons. The Labute approximate surface area is 124 Å². The lowest BCUT2D eigenvalue weighted by molar-refractivity contribution is 0.202. The molecular formula is C16H31NO2S. The van der Waals surface area contributed by atoms with Crippen LogP contribution < -0.4 is 5.32 Å². The van der Waals surface area contributed by atoms with Gasteiger partial charge in [0.05, 0.1) is 11.5 Å². The van der Waals surface area contributed by atoms with E-state index in [1.54, 1.807) is 0 Å². The molecule has 1 aliphatic carbocycles. The van der Waals surface area contributed by atoms with Gasteiger partial charge in [0, 0.05) is 6.04 Å². The summed E-state index contributed by atoms with van der Waals surface area (Å²) in [4.78, 5) is 0. The first kappa shape index (κ1) is 16.3. The lowest BCUT2D eigenvalue weighted by Crippen LogP contribution is -2.40. The molecule has 2 fully saturated rings. The van der Waals surface area contributed by atoms with Gasteiger partial charge in [0.2, 0.25) is 0 Å². The normalized spacial score (nSPS) is 35.0. The van der Waals surface area contributed by atoms with Crippen LogP contribution in [0.1, 0.15) is 58.8 Å². The Hall–Kier alpha value is -0.0900. The SMILES string of the molecule is CCCNC(CC1CCS(=O)(=O)C1)C1CCCC(C)C1. The zero-order chi connectivity index (χ0) is 14.6. The Bertz CT molecular complexity index is 393. The molecule has 1 saturated heterocycles. The van der Waals surface area contributed by atoms with Crippen molar-refractivity contribution in [2.75, 3.05) is 18.1 Å². The Morgan fingerprint density at radius 3 is 2.65 bits per heavy atom. The van der Waals surface area contributed by atoms with Crippen LogP contribution in [-0.2, 0) is 9.84 Å². The van der Waals surface area contributed by atoms with Gasteiger partial charge in [-0.1, -0.05) is 26.7 Å². The summed E-state index contributed by atoms with van der Waals surface area (Å²) in [7, 11) is -2.73. The highest BCUT2D eigenvalue weighted by Crippen LogP contribution is 2.34. The molecule has 1 heterocycles. The Balaban J connectivity index is 1.92. The number of hydrogen-bond acceptors (Lipinski definition) is 3. The maximum Gasteiger partial charge on any atom is 0.150 e. The third-order valence-corrected chi connectivity index (χ3v) is 6.95. The average Bonchev–Trinajstić information content (AvgIpc) is 2.74. The molecule has 20 heavy (non-hydrogen) atoms. The first-order valence-corrected chi connectivity index (χ1v) is 10.3. The van der Waals surface area contributed by atoms with E-state index in [9.17, 15) is 8.42 Å². The summed E-state index contributed by atoms with van der Waals surface area (Å²) in [6.07, 6.45) is 8.47. The van der Waals surface area contributed by atoms with Crippen LogP contribution in [0.15, 0.2) is 0 Å². The monoisotopic (exact) mass is 301 g/mol. The summed E-state index contributed by atoms with van der Waals surface area (Å²) in [6.45, 7) is 5.63. The average molecular weight is 301 g/mol. The second kappa shape index (κ2) is 7.26. The molecule has 4 heteroatoms. The molecule has 2 aliphatic rings. The standard InChI is InChI=1S/C16H31NO2S/c1-3-8-17-16(15-6-4-5-13(2)10-15)11-14-7-9-20(18,19)12-14/h13-17H,3-12H2,1-2H3. The van der Waals surface area contributed by atoms with Crippen LogP contribution in [0.3, 0.4) is 0 Å². The molecule has 0 amide bonds. The van der Waals surface area contributed by atoms with Gasteiger partial charge in [-0.3, -0.25) is 0 Å². The van der Waals surface area contributed by atoms with Gasteiger partial charge in [-0.2, -0.15) is 0 Å². The fourth-order valence-electron chi connectivity index (χ4n) is 4.04. The van der Waals surface area contributed by atoms with Crippen LogP contribution in [-0.4, -0.2) is 32.5 Å². The summed E-state index contributed by atoms with van der Waals surface area (Å²) in [5.74, 6) is 2.84. The molecular weight excluding hydrogens is 270 g/mol. The van der Waals surface area contributed by atoms with E-state index in [4.69, 9.17) is 0 Å². The molecule has 1 N–H and O–H groups in total. The van der Waals surface area contributed by atoms with E-state index in [1.807, 2.05) is 0 Å². The lowest BCUT2D eigenvalue weighted by Gasteiger charge is -2.35. The molecule has 0 aromatic rings. The summed E-state index contributed by atoms with van der Waals surface area (Å²) in [5.41, 5.74) is 0. The van der Waals surface area contributed by atoms with E-state index in [1.165, 1.54) is 25.7 Å². The van der Waals surface area contributed by atoms with Gasteiger partial charge in [0.25, 0.3) is 0 Å². The Morgan fingerprint density at radius 1 is 1.25 bits per heavy atom. The third-order valence-electron chi connectivity index (χ3n) is 5.12. The highest BCUT2D eigenvalue weighted by molar-refractivity contribution is 7.91. The van der Waals surface area contributed by atoms with Crippen LogP contribution >= 0.6 is 0 Å². The molecule has 0 spiro atoms. The number of sulfone groups is 1. The largest absolute Gasteiger partial charge is 0.314 e. The molecule has 4 atom stereocenters. The van der Waals surface area contributed by atoms with Crippen LogP contribution in [0.25, 0.3) is 0 Å². The van der Waals surface area contributed by atoms with Crippen LogP contribution in [0.4, 0.5) is 0 Å². The quantitative estimate of drug-likeness (QED) is 0.820. The van der Waals surface area contributed by atoms with Crippen molar-refractivity contribution in [1.82, 2.24) is 5.32 Å². The van der Waals surface area contributed by atoms with Crippen molar-refractivity contribution in [3.05, 3.63) is 0 Å². The fraction of sp³-hybridized carbons (Fsp3) is 1.00. The van der Waals surface area contributed by atoms with Crippen LogP contribution in [0.5, 0.6) is 0 Å². The van der Waals surface area contributed by atoms with E-state index >= 15 is 0 Å². The molecule has 0 aromatic heterocycles. The smallest absolute Gasteiger partial charge is 0.150 e. The molecule has 0 bridgehead atoms. The van der Waals surface area contributed by atoms with Crippen molar-refractivity contribution in [1.29, 1.82) is 0 Å². The van der Waals surface area contributed by atoms with Crippen molar-refractivity contribution in [2.24, 2.45) is 17.8 Å².